The first kappa shape index (κ1) is 16.3. The molecule has 0 bridgehead atoms. The summed E-state index contributed by atoms with van der Waals surface area (Å²) in [5.41, 5.74) is -0.971. The van der Waals surface area contributed by atoms with Crippen LogP contribution in [0.4, 0.5) is 0 Å². The Morgan fingerprint density at radius 1 is 1.05 bits per heavy atom. The summed E-state index contributed by atoms with van der Waals surface area (Å²) in [7, 11) is 0. The van der Waals surface area contributed by atoms with E-state index < -0.39 is 11.4 Å². The Kier molecular flexibility index (Phi) is 5.25. The van der Waals surface area contributed by atoms with Gasteiger partial charge in [-0.15, -0.1) is 0 Å². The molecular formula is C16H28N2O3. The number of amides is 1. The molecule has 0 unspecified atom stereocenters. The second-order valence-corrected chi connectivity index (χ2v) is 7.07. The average molecular weight is 296 g/mol. The highest BCUT2D eigenvalue weighted by molar-refractivity contribution is 5.84. The van der Waals surface area contributed by atoms with Gasteiger partial charge in [-0.05, 0) is 52.6 Å². The first-order chi connectivity index (χ1) is 9.90. The van der Waals surface area contributed by atoms with E-state index in [4.69, 9.17) is 5.11 Å². The van der Waals surface area contributed by atoms with Crippen LogP contribution in [0, 0.1) is 5.41 Å². The van der Waals surface area contributed by atoms with Crippen LogP contribution in [0.2, 0.25) is 0 Å². The lowest BCUT2D eigenvalue weighted by Gasteiger charge is -2.40. The minimum atomic E-state index is -0.971. The largest absolute Gasteiger partial charge is 0.481 e. The fourth-order valence-electron chi connectivity index (χ4n) is 3.33. The van der Waals surface area contributed by atoms with Crippen molar-refractivity contribution in [3.8, 4) is 0 Å². The third kappa shape index (κ3) is 4.19. The van der Waals surface area contributed by atoms with Crippen LogP contribution in [-0.2, 0) is 9.59 Å². The topological polar surface area (TPSA) is 60.9 Å². The van der Waals surface area contributed by atoms with Crippen molar-refractivity contribution in [3.63, 3.8) is 0 Å². The van der Waals surface area contributed by atoms with Crippen LogP contribution in [0.1, 0.15) is 52.4 Å². The van der Waals surface area contributed by atoms with Gasteiger partial charge in [0.05, 0.1) is 5.41 Å². The van der Waals surface area contributed by atoms with Crippen molar-refractivity contribution in [1.82, 2.24) is 9.80 Å². The summed E-state index contributed by atoms with van der Waals surface area (Å²) < 4.78 is 0. The Morgan fingerprint density at radius 2 is 1.62 bits per heavy atom. The molecule has 21 heavy (non-hydrogen) atoms. The summed E-state index contributed by atoms with van der Waals surface area (Å²) in [5.74, 6) is -0.918. The number of aliphatic carboxylic acids is 1. The Balaban J connectivity index is 1.80. The third-order valence-corrected chi connectivity index (χ3v) is 4.90. The highest BCUT2D eigenvalue weighted by atomic mass is 16.4. The highest BCUT2D eigenvalue weighted by Gasteiger charge is 2.34. The number of carbonyl (C=O) groups is 2. The van der Waals surface area contributed by atoms with Crippen LogP contribution < -0.4 is 0 Å². The molecule has 0 aliphatic carbocycles. The Morgan fingerprint density at radius 3 is 2.14 bits per heavy atom. The molecule has 2 aliphatic rings. The van der Waals surface area contributed by atoms with Crippen molar-refractivity contribution in [1.29, 1.82) is 0 Å². The minimum Gasteiger partial charge on any atom is -0.481 e. The van der Waals surface area contributed by atoms with Crippen LogP contribution >= 0.6 is 0 Å². The van der Waals surface area contributed by atoms with E-state index in [2.05, 4.69) is 4.90 Å². The summed E-state index contributed by atoms with van der Waals surface area (Å²) in [6, 6.07) is 0.613. The summed E-state index contributed by atoms with van der Waals surface area (Å²) in [5, 5.41) is 9.12. The molecule has 2 fully saturated rings. The summed E-state index contributed by atoms with van der Waals surface area (Å²) in [6.45, 7) is 7.18. The molecule has 120 valence electrons. The maximum absolute atomic E-state index is 12.3. The van der Waals surface area contributed by atoms with E-state index in [1.165, 1.54) is 32.4 Å². The average Bonchev–Trinajstić information content (AvgIpc) is 2.48. The van der Waals surface area contributed by atoms with Crippen LogP contribution in [0.15, 0.2) is 0 Å². The standard InChI is InChI=1S/C16H28N2O3/c1-16(2,15(20)21)12-14(19)18-10-6-13(7-11-18)17-8-4-3-5-9-17/h13H,3-12H2,1-2H3,(H,20,21). The van der Waals surface area contributed by atoms with Crippen LogP contribution in [-0.4, -0.2) is 59.0 Å². The fraction of sp³-hybridized carbons (Fsp3) is 0.875. The first-order valence-electron chi connectivity index (χ1n) is 8.15. The molecule has 0 aromatic heterocycles. The van der Waals surface area contributed by atoms with Gasteiger partial charge in [0.25, 0.3) is 0 Å². The maximum Gasteiger partial charge on any atom is 0.309 e. The zero-order valence-electron chi connectivity index (χ0n) is 13.3. The van der Waals surface area contributed by atoms with E-state index in [9.17, 15) is 9.59 Å². The molecule has 2 aliphatic heterocycles. The lowest BCUT2D eigenvalue weighted by Crippen LogP contribution is -2.49. The number of piperidine rings is 2. The van der Waals surface area contributed by atoms with Gasteiger partial charge in [-0.25, -0.2) is 0 Å². The highest BCUT2D eigenvalue weighted by Crippen LogP contribution is 2.25. The molecule has 0 spiro atoms. The zero-order chi connectivity index (χ0) is 15.5. The van der Waals surface area contributed by atoms with Crippen LogP contribution in [0.3, 0.4) is 0 Å². The molecule has 2 heterocycles. The molecule has 5 nitrogen and oxygen atoms in total. The van der Waals surface area contributed by atoms with Gasteiger partial charge in [0.2, 0.25) is 5.91 Å². The number of likely N-dealkylation sites (tertiary alicyclic amines) is 2. The second-order valence-electron chi connectivity index (χ2n) is 7.07. The molecule has 0 radical (unpaired) electrons. The number of carboxylic acids is 1. The zero-order valence-corrected chi connectivity index (χ0v) is 13.3. The molecule has 0 aromatic carbocycles. The number of carboxylic acid groups (broad SMARTS) is 1. The lowest BCUT2D eigenvalue weighted by atomic mass is 9.88. The Hall–Kier alpha value is -1.10. The van der Waals surface area contributed by atoms with E-state index in [0.717, 1.165) is 25.9 Å². The predicted molar refractivity (Wildman–Crippen MR) is 81.1 cm³/mol. The van der Waals surface area contributed by atoms with Crippen molar-refractivity contribution in [3.05, 3.63) is 0 Å². The Labute approximate surface area is 127 Å². The van der Waals surface area contributed by atoms with Crippen molar-refractivity contribution < 1.29 is 14.7 Å². The molecule has 5 heteroatoms. The summed E-state index contributed by atoms with van der Waals surface area (Å²) in [6.07, 6.45) is 6.09. The third-order valence-electron chi connectivity index (χ3n) is 4.90. The van der Waals surface area contributed by atoms with Crippen molar-refractivity contribution >= 4 is 11.9 Å². The van der Waals surface area contributed by atoms with E-state index >= 15 is 0 Å². The van der Waals surface area contributed by atoms with E-state index in [1.807, 2.05) is 4.90 Å². The Bertz CT molecular complexity index is 381. The van der Waals surface area contributed by atoms with Crippen LogP contribution in [0.25, 0.3) is 0 Å². The smallest absolute Gasteiger partial charge is 0.309 e. The van der Waals surface area contributed by atoms with Crippen molar-refractivity contribution in [2.24, 2.45) is 5.41 Å². The first-order valence-corrected chi connectivity index (χ1v) is 8.15. The minimum absolute atomic E-state index is 0.0144. The normalized spacial score (nSPS) is 22.3. The van der Waals surface area contributed by atoms with Gasteiger partial charge in [0.1, 0.15) is 0 Å². The molecule has 2 saturated heterocycles. The van der Waals surface area contributed by atoms with Crippen molar-refractivity contribution in [2.75, 3.05) is 26.2 Å². The fourth-order valence-corrected chi connectivity index (χ4v) is 3.33. The summed E-state index contributed by atoms with van der Waals surface area (Å²) in [4.78, 5) is 27.8. The van der Waals surface area contributed by atoms with Gasteiger partial charge in [0, 0.05) is 25.6 Å². The van der Waals surface area contributed by atoms with E-state index in [0.29, 0.717) is 6.04 Å². The molecule has 0 aromatic rings. The van der Waals surface area contributed by atoms with Gasteiger partial charge in [-0.1, -0.05) is 6.42 Å². The number of hydrogen-bond donors (Lipinski definition) is 1. The van der Waals surface area contributed by atoms with E-state index in [1.54, 1.807) is 13.8 Å². The molecule has 0 saturated carbocycles. The monoisotopic (exact) mass is 296 g/mol. The van der Waals surface area contributed by atoms with Crippen molar-refractivity contribution in [2.45, 2.75) is 58.4 Å². The number of rotatable bonds is 4. The number of hydrogen-bond acceptors (Lipinski definition) is 3. The quantitative estimate of drug-likeness (QED) is 0.861. The maximum atomic E-state index is 12.3. The lowest BCUT2D eigenvalue weighted by molar-refractivity contribution is -0.151. The second kappa shape index (κ2) is 6.77. The summed E-state index contributed by atoms with van der Waals surface area (Å²) >= 11 is 0. The number of nitrogens with zero attached hydrogens (tertiary/aromatic N) is 2. The number of carbonyl (C=O) groups excluding carboxylic acids is 1. The van der Waals surface area contributed by atoms with Gasteiger partial charge < -0.3 is 14.9 Å². The molecule has 1 amide bonds. The molecule has 1 N–H and O–H groups in total. The van der Waals surface area contributed by atoms with Gasteiger partial charge >= 0.3 is 5.97 Å². The SMILES string of the molecule is CC(C)(CC(=O)N1CCC(N2CCCCC2)CC1)C(=O)O. The van der Waals surface area contributed by atoms with Gasteiger partial charge in [-0.2, -0.15) is 0 Å². The molecule has 0 atom stereocenters. The molecule has 2 rings (SSSR count). The molecular weight excluding hydrogens is 268 g/mol. The van der Waals surface area contributed by atoms with E-state index in [-0.39, 0.29) is 12.3 Å². The van der Waals surface area contributed by atoms with Gasteiger partial charge in [0.15, 0.2) is 0 Å². The van der Waals surface area contributed by atoms with Crippen LogP contribution in [0.5, 0.6) is 0 Å². The van der Waals surface area contributed by atoms with Gasteiger partial charge in [-0.3, -0.25) is 9.59 Å². The predicted octanol–water partition coefficient (Wildman–Crippen LogP) is 1.96.